The third kappa shape index (κ3) is 37.5. The van der Waals surface area contributed by atoms with Crippen molar-refractivity contribution in [1.29, 1.82) is 0 Å². The van der Waals surface area contributed by atoms with E-state index in [9.17, 15) is 30.6 Å². The molecule has 9 unspecified atom stereocenters. The first kappa shape index (κ1) is 65.0. The number of aliphatic hydroxyl groups excluding tert-OH is 12. The van der Waals surface area contributed by atoms with Crippen molar-refractivity contribution in [3.8, 4) is 0 Å². The summed E-state index contributed by atoms with van der Waals surface area (Å²) in [4.78, 5) is 0. The average molecular weight is 1600 g/mol. The van der Waals surface area contributed by atoms with Crippen LogP contribution < -0.4 is 0 Å². The quantitative estimate of drug-likeness (QED) is 0.0344. The molecule has 1 saturated carbocycles. The normalized spacial score (nSPS) is 20.8. The second-order valence-electron chi connectivity index (χ2n) is 11.7. The number of rotatable bonds is 27. The summed E-state index contributed by atoms with van der Waals surface area (Å²) in [6.07, 6.45) is -9.45. The Morgan fingerprint density at radius 3 is 0.649 bits per heavy atom. The molecule has 57 heavy (non-hydrogen) atoms. The van der Waals surface area contributed by atoms with E-state index >= 15 is 0 Å². The summed E-state index contributed by atoms with van der Waals surface area (Å²) in [6, 6.07) is 0. The molecule has 1 rings (SSSR count). The molecule has 0 aromatic carbocycles. The molecule has 0 spiro atoms. The van der Waals surface area contributed by atoms with Crippen LogP contribution in [0, 0.1) is 42.7 Å². The Kier molecular flexibility index (Phi) is 49.4. The zero-order valence-corrected chi connectivity index (χ0v) is 52.1. The predicted molar refractivity (Wildman–Crippen MR) is 186 cm³/mol. The van der Waals surface area contributed by atoms with Gasteiger partial charge in [0.2, 0.25) is 0 Å². The molecular weight excluding hydrogens is 1530 g/mol. The third-order valence-corrected chi connectivity index (χ3v) is 6.85. The van der Waals surface area contributed by atoms with Crippen LogP contribution in [0.3, 0.4) is 0 Å². The number of aliphatic hydroxyl groups is 12. The summed E-state index contributed by atoms with van der Waals surface area (Å²) in [7, 11) is 18.5. The van der Waals surface area contributed by atoms with Crippen LogP contribution in [0.4, 0.5) is 0 Å². The molecule has 0 aromatic heterocycles. The molecule has 12 N–H and O–H groups in total. The molecule has 9 atom stereocenters. The fourth-order valence-electron chi connectivity index (χ4n) is 3.88. The first-order chi connectivity index (χ1) is 25.6. The Hall–Kier alpha value is -3.84. The zero-order chi connectivity index (χ0) is 41.9. The largest absolute Gasteiger partial charge is 0.553 e. The molecular formula is C33H66O21Rf3-6. The Labute approximate surface area is 318 Å². The van der Waals surface area contributed by atoms with Crippen molar-refractivity contribution in [2.75, 3.05) is 79.3 Å². The second-order valence-corrected chi connectivity index (χ2v) is 11.7. The maximum atomic E-state index is 9.99. The number of hydrogen-bond acceptors (Lipinski definition) is 21. The van der Waals surface area contributed by atoms with Gasteiger partial charge in [0.1, 0.15) is 36.6 Å². The van der Waals surface area contributed by atoms with Gasteiger partial charge in [-0.25, -0.2) is 42.7 Å². The van der Waals surface area contributed by atoms with Crippen molar-refractivity contribution in [2.45, 2.75) is 92.5 Å². The van der Waals surface area contributed by atoms with E-state index in [1.807, 2.05) is 0 Å². The van der Waals surface area contributed by atoms with Gasteiger partial charge >= 0.3 is 0 Å². The van der Waals surface area contributed by atoms with E-state index < -0.39 is 73.2 Å². The molecule has 1 aliphatic carbocycles. The number of hydrogen-bond donors (Lipinski definition) is 12. The molecule has 0 aromatic rings. The minimum absolute atomic E-state index is 0. The van der Waals surface area contributed by atoms with Crippen molar-refractivity contribution >= 4 is 0 Å². The van der Waals surface area contributed by atoms with Crippen LogP contribution in [-0.2, 0) is 42.6 Å². The fourth-order valence-corrected chi connectivity index (χ4v) is 3.88. The third-order valence-electron chi connectivity index (χ3n) is 6.85. The van der Waals surface area contributed by atoms with Gasteiger partial charge in [-0.2, -0.15) is 0 Å². The van der Waals surface area contributed by atoms with Crippen molar-refractivity contribution in [1.82, 2.24) is 0 Å². The molecule has 336 valence electrons. The predicted octanol–water partition coefficient (Wildman–Crippen LogP) is -4.64. The number of ether oxygens (including phenoxy) is 9. The molecule has 21 nitrogen and oxygen atoms in total. The Balaban J connectivity index is -0.000000221. The standard InChI is InChI=1S/C21H39O12.3C4H9O3.3Rf/c1-28-7-16(22)19(25)10-31-13-4-14(32-11-20(26)17(23)8-29-2)6-15(5-13)33-12-21(27)18(24)9-30-3;3*1-7-3-4(6)2-5;;;/h13-27H,1-12H2;3*4-6H,1-3H2;;;/q-3;3*-1;;;. The average Bonchev–Trinajstić information content (AvgIpc) is 3.16. The van der Waals surface area contributed by atoms with Gasteiger partial charge < -0.3 is 104 Å². The summed E-state index contributed by atoms with van der Waals surface area (Å²) in [5.41, 5.74) is 0. The van der Waals surface area contributed by atoms with Gasteiger partial charge in [0.05, 0.1) is 76.3 Å². The Morgan fingerprint density at radius 2 is 0.509 bits per heavy atom. The van der Waals surface area contributed by atoms with Gasteiger partial charge in [-0.05, 0) is 19.3 Å². The van der Waals surface area contributed by atoms with Gasteiger partial charge in [-0.1, -0.05) is 0 Å². The SMILES string of the molecule is [CH2-]OCC(O)C(O)COC1CC(OCC(O)C(O)CO[CH2-])CC(OCC(O)C(O)CO[CH2-])C1.[CH2-]OCC(O)CO.[CH2-]OCC(O)CO.[CH2-]OCC(O)CO.[Rf].[Rf].[Rf]. The van der Waals surface area contributed by atoms with E-state index in [1.54, 1.807) is 0 Å². The topological polar surface area (TPSA) is 326 Å². The van der Waals surface area contributed by atoms with Crippen molar-refractivity contribution < 1.29 is 104 Å². The van der Waals surface area contributed by atoms with Gasteiger partial charge in [-0.15, -0.1) is 0 Å². The van der Waals surface area contributed by atoms with Crippen LogP contribution in [-0.4, -0.2) is 214 Å². The summed E-state index contributed by atoms with van der Waals surface area (Å²) in [6.45, 7) is -1.48. The van der Waals surface area contributed by atoms with Gasteiger partial charge in [0.15, 0.2) is 0 Å². The molecule has 0 amide bonds. The van der Waals surface area contributed by atoms with E-state index in [0.29, 0.717) is 19.3 Å². The Morgan fingerprint density at radius 1 is 0.333 bits per heavy atom. The summed E-state index contributed by atoms with van der Waals surface area (Å²) < 4.78 is 43.6. The molecule has 1 fully saturated rings. The van der Waals surface area contributed by atoms with Gasteiger partial charge in [0, 0.05) is 39.6 Å². The minimum atomic E-state index is -1.19. The van der Waals surface area contributed by atoms with Crippen LogP contribution in [0.25, 0.3) is 0 Å². The van der Waals surface area contributed by atoms with E-state index in [2.05, 4.69) is 71.1 Å². The molecule has 0 aliphatic heterocycles. The maximum absolute atomic E-state index is 9.99. The van der Waals surface area contributed by atoms with Gasteiger partial charge in [0.25, 0.3) is 0 Å². The van der Waals surface area contributed by atoms with E-state index in [4.69, 9.17) is 44.8 Å². The zero-order valence-electron chi connectivity index (χ0n) is 32.9. The molecule has 24 heteroatoms. The molecule has 0 saturated heterocycles. The van der Waals surface area contributed by atoms with Crippen molar-refractivity contribution in [3.05, 3.63) is 42.7 Å². The molecule has 1 aliphatic rings. The monoisotopic (exact) mass is 1600 g/mol. The van der Waals surface area contributed by atoms with Crippen LogP contribution in [0.1, 0.15) is 19.3 Å². The smallest absolute Gasteiger partial charge is 0.105 e. The second kappa shape index (κ2) is 43.3. The molecule has 0 radical (unpaired) electrons. The summed E-state index contributed by atoms with van der Waals surface area (Å²) in [5.74, 6) is 0. The van der Waals surface area contributed by atoms with Crippen LogP contribution in [0.2, 0.25) is 0 Å². The first-order valence-electron chi connectivity index (χ1n) is 16.7. The van der Waals surface area contributed by atoms with Crippen LogP contribution in [0.15, 0.2) is 0 Å². The summed E-state index contributed by atoms with van der Waals surface area (Å²) >= 11 is 0. The summed E-state index contributed by atoms with van der Waals surface area (Å²) in [5, 5.41) is 109. The molecule has 0 bridgehead atoms. The fraction of sp³-hybridized carbons (Fsp3) is 0.818. The van der Waals surface area contributed by atoms with Crippen LogP contribution >= 0.6 is 0 Å². The van der Waals surface area contributed by atoms with Crippen molar-refractivity contribution in [3.63, 3.8) is 0 Å². The van der Waals surface area contributed by atoms with Crippen LogP contribution in [0.5, 0.6) is 0 Å². The van der Waals surface area contributed by atoms with E-state index in [0.717, 1.165) is 0 Å². The molecule has 0 heterocycles. The van der Waals surface area contributed by atoms with Gasteiger partial charge in [-0.3, -0.25) is 0 Å². The first-order valence-corrected chi connectivity index (χ1v) is 16.7. The minimum Gasteiger partial charge on any atom is -0.553 e. The van der Waals surface area contributed by atoms with Crippen molar-refractivity contribution in [2.24, 2.45) is 0 Å². The maximum Gasteiger partial charge on any atom is 0.105 e. The Bertz CT molecular complexity index is 677. The van der Waals surface area contributed by atoms with E-state index in [-0.39, 0.29) is 79.3 Å². The van der Waals surface area contributed by atoms with E-state index in [1.165, 1.54) is 0 Å².